The highest BCUT2D eigenvalue weighted by Gasteiger charge is 2.28. The van der Waals surface area contributed by atoms with Gasteiger partial charge in [-0.25, -0.2) is 0 Å². The van der Waals surface area contributed by atoms with Gasteiger partial charge in [-0.2, -0.15) is 0 Å². The first-order valence-corrected chi connectivity index (χ1v) is 17.4. The normalized spacial score (nSPS) is 16.4. The summed E-state index contributed by atoms with van der Waals surface area (Å²) in [5.41, 5.74) is 6.28. The van der Waals surface area contributed by atoms with Gasteiger partial charge in [-0.1, -0.05) is 0 Å². The maximum Gasteiger partial charge on any atom is 0.305 e. The van der Waals surface area contributed by atoms with Gasteiger partial charge in [-0.15, -0.1) is 39.7 Å². The monoisotopic (exact) mass is 695 g/mol. The molecule has 2 unspecified atom stereocenters. The van der Waals surface area contributed by atoms with E-state index in [-0.39, 0.29) is 31.3 Å². The highest BCUT2D eigenvalue weighted by molar-refractivity contribution is 6.18. The van der Waals surface area contributed by atoms with Crippen molar-refractivity contribution in [2.75, 3.05) is 94.8 Å². The Labute approximate surface area is 286 Å². The van der Waals surface area contributed by atoms with Crippen molar-refractivity contribution in [2.24, 2.45) is 5.18 Å². The standard InChI is InChI=1S/C32H44Cl3N7O4/c1-39-28-12-10-24(22-26(28)36-29(39)5-3-7-31(43)38-45)42(18-15-35)19-20-46-32(44)8-4-6-30-37-25-21-23(9-11-27(25)40(30)2)41(16-13-33)17-14-34/h9-12,21-22,29-30,36-37H,3-8,13-20H2,1-2H3. The Morgan fingerprint density at radius 2 is 1.26 bits per heavy atom. The van der Waals surface area contributed by atoms with Crippen LogP contribution in [0.1, 0.15) is 38.5 Å². The van der Waals surface area contributed by atoms with Gasteiger partial charge in [-0.3, -0.25) is 9.59 Å². The van der Waals surface area contributed by atoms with Crippen molar-refractivity contribution in [1.29, 1.82) is 0 Å². The van der Waals surface area contributed by atoms with Crippen LogP contribution in [0.4, 0.5) is 34.1 Å². The van der Waals surface area contributed by atoms with Gasteiger partial charge >= 0.3 is 5.97 Å². The average molecular weight is 697 g/mol. The van der Waals surface area contributed by atoms with E-state index in [1.807, 2.05) is 19.2 Å². The van der Waals surface area contributed by atoms with Crippen LogP contribution in [0.3, 0.4) is 0 Å². The molecule has 2 aromatic carbocycles. The molecule has 0 bridgehead atoms. The Hall–Kier alpha value is -3.15. The molecule has 2 aliphatic heterocycles. The lowest BCUT2D eigenvalue weighted by molar-refractivity contribution is -0.143. The van der Waals surface area contributed by atoms with E-state index in [0.717, 1.165) is 53.6 Å². The average Bonchev–Trinajstić information content (AvgIpc) is 3.54. The van der Waals surface area contributed by atoms with Crippen LogP contribution in [-0.2, 0) is 14.3 Å². The molecule has 46 heavy (non-hydrogen) atoms. The van der Waals surface area contributed by atoms with E-state index in [1.165, 1.54) is 0 Å². The van der Waals surface area contributed by atoms with Crippen LogP contribution >= 0.6 is 34.8 Å². The van der Waals surface area contributed by atoms with Gasteiger partial charge in [0.05, 0.1) is 41.6 Å². The zero-order valence-corrected chi connectivity index (χ0v) is 28.8. The molecule has 2 aliphatic rings. The molecular formula is C32H44Cl3N7O4. The summed E-state index contributed by atoms with van der Waals surface area (Å²) in [6.45, 7) is 2.85. The Bertz CT molecular complexity index is 1330. The molecule has 2 atom stereocenters. The first-order chi connectivity index (χ1) is 22.3. The number of rotatable bonds is 19. The third kappa shape index (κ3) is 9.23. The van der Waals surface area contributed by atoms with Crippen molar-refractivity contribution in [3.05, 3.63) is 41.3 Å². The maximum absolute atomic E-state index is 12.6. The number of benzene rings is 2. The molecule has 0 radical (unpaired) electrons. The van der Waals surface area contributed by atoms with E-state index in [1.54, 1.807) is 0 Å². The van der Waals surface area contributed by atoms with E-state index >= 15 is 0 Å². The van der Waals surface area contributed by atoms with Gasteiger partial charge in [0.15, 0.2) is 0 Å². The Balaban J connectivity index is 1.21. The fourth-order valence-electron chi connectivity index (χ4n) is 6.03. The Morgan fingerprint density at radius 1 is 0.783 bits per heavy atom. The third-order valence-electron chi connectivity index (χ3n) is 8.55. The lowest BCUT2D eigenvalue weighted by Crippen LogP contribution is -2.32. The Kier molecular flexibility index (Phi) is 13.7. The summed E-state index contributed by atoms with van der Waals surface area (Å²) in [7, 11) is 4.06. The van der Waals surface area contributed by atoms with Crippen LogP contribution in [0.15, 0.2) is 41.6 Å². The summed E-state index contributed by atoms with van der Waals surface area (Å²) < 4.78 is 5.62. The molecular weight excluding hydrogens is 653 g/mol. The summed E-state index contributed by atoms with van der Waals surface area (Å²) in [4.78, 5) is 42.8. The van der Waals surface area contributed by atoms with Crippen LogP contribution in [0, 0.1) is 4.91 Å². The minimum absolute atomic E-state index is 0.0190. The second-order valence-corrected chi connectivity index (χ2v) is 12.6. The van der Waals surface area contributed by atoms with Crippen molar-refractivity contribution >= 4 is 80.8 Å². The molecule has 14 heteroatoms. The minimum Gasteiger partial charge on any atom is -0.464 e. The second kappa shape index (κ2) is 17.7. The van der Waals surface area contributed by atoms with Crippen LogP contribution in [0.5, 0.6) is 0 Å². The van der Waals surface area contributed by atoms with Crippen molar-refractivity contribution in [3.8, 4) is 0 Å². The third-order valence-corrected chi connectivity index (χ3v) is 9.05. The number of halogens is 3. The SMILES string of the molecule is CN1c2ccc(N(CCCl)CCOC(=O)CCCC3Nc4cc(N(CCCl)CCCl)ccc4N3C)cc2NC1CCCC(=O)N=O. The number of hydrogen-bond acceptors (Lipinski definition) is 10. The minimum atomic E-state index is -0.620. The first-order valence-electron chi connectivity index (χ1n) is 15.8. The van der Waals surface area contributed by atoms with Gasteiger partial charge in [0.1, 0.15) is 6.61 Å². The van der Waals surface area contributed by atoms with E-state index in [0.29, 0.717) is 56.4 Å². The lowest BCUT2D eigenvalue weighted by Gasteiger charge is -2.25. The van der Waals surface area contributed by atoms with Crippen LogP contribution in [0.2, 0.25) is 0 Å². The number of carbonyl (C=O) groups is 2. The zero-order valence-electron chi connectivity index (χ0n) is 26.5. The van der Waals surface area contributed by atoms with Gasteiger partial charge in [-0.05, 0) is 62.1 Å². The molecule has 0 aliphatic carbocycles. The number of hydrogen-bond donors (Lipinski definition) is 2. The van der Waals surface area contributed by atoms with Crippen LogP contribution in [-0.4, -0.2) is 88.7 Å². The number of ether oxygens (including phenoxy) is 1. The first kappa shape index (κ1) is 35.7. The summed E-state index contributed by atoms with van der Waals surface area (Å²) in [6, 6.07) is 12.5. The molecule has 2 N–H and O–H groups in total. The molecule has 252 valence electrons. The molecule has 0 saturated carbocycles. The number of esters is 1. The van der Waals surface area contributed by atoms with Gasteiger partial charge in [0.2, 0.25) is 0 Å². The number of nitrogens with one attached hydrogen (secondary N) is 2. The lowest BCUT2D eigenvalue weighted by atomic mass is 10.2. The van der Waals surface area contributed by atoms with Crippen molar-refractivity contribution < 1.29 is 14.3 Å². The number of amides is 1. The number of anilines is 6. The number of nitrogens with zero attached hydrogens (tertiary/aromatic N) is 5. The number of carbonyl (C=O) groups excluding carboxylic acids is 2. The van der Waals surface area contributed by atoms with Gasteiger partial charge < -0.3 is 35.0 Å². The predicted molar refractivity (Wildman–Crippen MR) is 191 cm³/mol. The molecule has 0 saturated heterocycles. The van der Waals surface area contributed by atoms with E-state index in [2.05, 4.69) is 66.7 Å². The molecule has 1 amide bonds. The molecule has 4 rings (SSSR count). The van der Waals surface area contributed by atoms with Crippen LogP contribution < -0.4 is 30.2 Å². The van der Waals surface area contributed by atoms with Crippen molar-refractivity contribution in [3.63, 3.8) is 0 Å². The fraction of sp³-hybridized carbons (Fsp3) is 0.562. The smallest absolute Gasteiger partial charge is 0.305 e. The molecule has 2 aromatic rings. The summed E-state index contributed by atoms with van der Waals surface area (Å²) >= 11 is 18.1. The summed E-state index contributed by atoms with van der Waals surface area (Å²) in [6.07, 6.45) is 3.36. The zero-order chi connectivity index (χ0) is 33.1. The number of fused-ring (bicyclic) bond motifs is 2. The topological polar surface area (TPSA) is 110 Å². The number of alkyl halides is 3. The summed E-state index contributed by atoms with van der Waals surface area (Å²) in [5, 5.41) is 9.56. The van der Waals surface area contributed by atoms with E-state index in [4.69, 9.17) is 39.5 Å². The Morgan fingerprint density at radius 3 is 1.74 bits per heavy atom. The second-order valence-electron chi connectivity index (χ2n) is 11.5. The highest BCUT2D eigenvalue weighted by Crippen LogP contribution is 2.39. The fourth-order valence-corrected chi connectivity index (χ4v) is 6.64. The van der Waals surface area contributed by atoms with E-state index < -0.39 is 5.91 Å². The summed E-state index contributed by atoms with van der Waals surface area (Å²) in [5.74, 6) is 0.662. The molecule has 11 nitrogen and oxygen atoms in total. The molecule has 0 spiro atoms. The van der Waals surface area contributed by atoms with Crippen LogP contribution in [0.25, 0.3) is 0 Å². The largest absolute Gasteiger partial charge is 0.464 e. The molecule has 2 heterocycles. The van der Waals surface area contributed by atoms with Crippen molar-refractivity contribution in [2.45, 2.75) is 50.9 Å². The highest BCUT2D eigenvalue weighted by atomic mass is 35.5. The molecule has 0 aromatic heterocycles. The van der Waals surface area contributed by atoms with Crippen molar-refractivity contribution in [1.82, 2.24) is 0 Å². The quantitative estimate of drug-likeness (QED) is 0.0992. The predicted octanol–water partition coefficient (Wildman–Crippen LogP) is 6.27. The van der Waals surface area contributed by atoms with E-state index in [9.17, 15) is 14.5 Å². The maximum atomic E-state index is 12.6. The van der Waals surface area contributed by atoms with Gasteiger partial charge in [0, 0.05) is 80.8 Å². The molecule has 0 fully saturated rings. The number of nitroso groups, excluding NO2 is 1. The van der Waals surface area contributed by atoms with Gasteiger partial charge in [0.25, 0.3) is 5.91 Å².